The molecular weight excluding hydrogens is 345 g/mol. The van der Waals surface area contributed by atoms with Crippen LogP contribution in [-0.4, -0.2) is 14.8 Å². The highest BCUT2D eigenvalue weighted by molar-refractivity contribution is 7.98. The third kappa shape index (κ3) is 3.26. The molecule has 0 radical (unpaired) electrons. The Morgan fingerprint density at radius 3 is 2.81 bits per heavy atom. The van der Waals surface area contributed by atoms with Crippen LogP contribution >= 0.6 is 46.3 Å². The fraction of sp³-hybridized carbons (Fsp3) is 0.143. The van der Waals surface area contributed by atoms with Crippen molar-refractivity contribution in [3.8, 4) is 10.7 Å². The van der Waals surface area contributed by atoms with E-state index in [2.05, 4.69) is 10.2 Å². The largest absolute Gasteiger partial charge is 0.304 e. The standard InChI is InChI=1S/C14H11Cl2N3S2/c1-19-13(12-3-2-6-20-12)17-18-14(19)21-8-9-4-5-10(15)7-11(9)16/h2-7H,8H2,1H3. The average Bonchev–Trinajstić information content (AvgIpc) is 3.08. The molecule has 2 aromatic heterocycles. The van der Waals surface area contributed by atoms with Crippen molar-refractivity contribution in [1.29, 1.82) is 0 Å². The fourth-order valence-corrected chi connectivity index (χ4v) is 4.06. The van der Waals surface area contributed by atoms with Crippen LogP contribution in [0.25, 0.3) is 10.7 Å². The number of thiophene rings is 1. The van der Waals surface area contributed by atoms with Gasteiger partial charge in [-0.3, -0.25) is 0 Å². The average molecular weight is 356 g/mol. The Labute approximate surface area is 140 Å². The van der Waals surface area contributed by atoms with E-state index in [0.717, 1.165) is 27.2 Å². The minimum absolute atomic E-state index is 0.646. The van der Waals surface area contributed by atoms with Crippen LogP contribution < -0.4 is 0 Å². The Bertz CT molecular complexity index is 754. The van der Waals surface area contributed by atoms with Gasteiger partial charge in [0, 0.05) is 22.8 Å². The van der Waals surface area contributed by atoms with Gasteiger partial charge in [-0.1, -0.05) is 47.1 Å². The van der Waals surface area contributed by atoms with Crippen LogP contribution in [0.1, 0.15) is 5.56 Å². The van der Waals surface area contributed by atoms with Crippen LogP contribution in [0.5, 0.6) is 0 Å². The SMILES string of the molecule is Cn1c(SCc2ccc(Cl)cc2Cl)nnc1-c1cccs1. The lowest BCUT2D eigenvalue weighted by Crippen LogP contribution is -1.94. The monoisotopic (exact) mass is 355 g/mol. The summed E-state index contributed by atoms with van der Waals surface area (Å²) in [5.41, 5.74) is 1.03. The van der Waals surface area contributed by atoms with Gasteiger partial charge in [-0.15, -0.1) is 21.5 Å². The topological polar surface area (TPSA) is 30.7 Å². The van der Waals surface area contributed by atoms with E-state index in [1.807, 2.05) is 41.3 Å². The second-order valence-corrected chi connectivity index (χ2v) is 7.10. The van der Waals surface area contributed by atoms with Crippen LogP contribution in [0.15, 0.2) is 40.9 Å². The third-order valence-corrected chi connectivity index (χ3v) is 5.47. The summed E-state index contributed by atoms with van der Waals surface area (Å²) >= 11 is 15.3. The zero-order valence-corrected chi connectivity index (χ0v) is 14.2. The minimum Gasteiger partial charge on any atom is -0.304 e. The molecule has 0 spiro atoms. The highest BCUT2D eigenvalue weighted by atomic mass is 35.5. The molecular formula is C14H11Cl2N3S2. The van der Waals surface area contributed by atoms with E-state index in [1.165, 1.54) is 0 Å². The van der Waals surface area contributed by atoms with Crippen molar-refractivity contribution in [2.45, 2.75) is 10.9 Å². The molecule has 108 valence electrons. The molecule has 7 heteroatoms. The predicted octanol–water partition coefficient (Wildman–Crippen LogP) is 5.14. The molecule has 1 aromatic carbocycles. The second kappa shape index (κ2) is 6.40. The van der Waals surface area contributed by atoms with Crippen LogP contribution in [0.2, 0.25) is 10.0 Å². The lowest BCUT2D eigenvalue weighted by molar-refractivity contribution is 0.794. The summed E-state index contributed by atoms with van der Waals surface area (Å²) < 4.78 is 2.00. The smallest absolute Gasteiger partial charge is 0.191 e. The van der Waals surface area contributed by atoms with Crippen molar-refractivity contribution in [2.75, 3.05) is 0 Å². The lowest BCUT2D eigenvalue weighted by Gasteiger charge is -2.05. The second-order valence-electron chi connectivity index (χ2n) is 4.37. The quantitative estimate of drug-likeness (QED) is 0.606. The molecule has 21 heavy (non-hydrogen) atoms. The Morgan fingerprint density at radius 2 is 2.10 bits per heavy atom. The van der Waals surface area contributed by atoms with E-state index in [9.17, 15) is 0 Å². The third-order valence-electron chi connectivity index (χ3n) is 2.95. The Morgan fingerprint density at radius 1 is 1.24 bits per heavy atom. The summed E-state index contributed by atoms with van der Waals surface area (Å²) in [7, 11) is 1.97. The number of hydrogen-bond acceptors (Lipinski definition) is 4. The van der Waals surface area contributed by atoms with Crippen molar-refractivity contribution in [3.63, 3.8) is 0 Å². The summed E-state index contributed by atoms with van der Waals surface area (Å²) in [6.45, 7) is 0. The summed E-state index contributed by atoms with van der Waals surface area (Å²) in [6, 6.07) is 9.59. The molecule has 3 aromatic rings. The Kier molecular flexibility index (Phi) is 4.54. The Hall–Kier alpha value is -1.01. The summed E-state index contributed by atoms with van der Waals surface area (Å²) in [5, 5.41) is 12.7. The van der Waals surface area contributed by atoms with Crippen molar-refractivity contribution < 1.29 is 0 Å². The molecule has 0 aliphatic heterocycles. The van der Waals surface area contributed by atoms with Gasteiger partial charge in [-0.05, 0) is 29.1 Å². The number of halogens is 2. The zero-order valence-electron chi connectivity index (χ0n) is 11.1. The van der Waals surface area contributed by atoms with Gasteiger partial charge < -0.3 is 4.57 Å². The van der Waals surface area contributed by atoms with E-state index in [4.69, 9.17) is 23.2 Å². The van der Waals surface area contributed by atoms with Gasteiger partial charge in [0.05, 0.1) is 4.88 Å². The molecule has 0 amide bonds. The van der Waals surface area contributed by atoms with E-state index in [-0.39, 0.29) is 0 Å². The molecule has 0 atom stereocenters. The first kappa shape index (κ1) is 14.9. The molecule has 0 saturated carbocycles. The van der Waals surface area contributed by atoms with E-state index in [1.54, 1.807) is 29.2 Å². The highest BCUT2D eigenvalue weighted by Gasteiger charge is 2.12. The number of aromatic nitrogens is 3. The Balaban J connectivity index is 1.77. The van der Waals surface area contributed by atoms with Crippen molar-refractivity contribution in [3.05, 3.63) is 51.3 Å². The molecule has 0 N–H and O–H groups in total. The zero-order chi connectivity index (χ0) is 14.8. The van der Waals surface area contributed by atoms with Crippen molar-refractivity contribution >= 4 is 46.3 Å². The van der Waals surface area contributed by atoms with E-state index >= 15 is 0 Å². The summed E-state index contributed by atoms with van der Waals surface area (Å²) in [6.07, 6.45) is 0. The molecule has 0 unspecified atom stereocenters. The lowest BCUT2D eigenvalue weighted by atomic mass is 10.2. The van der Waals surface area contributed by atoms with E-state index < -0.39 is 0 Å². The van der Waals surface area contributed by atoms with Gasteiger partial charge in [-0.2, -0.15) is 0 Å². The predicted molar refractivity (Wildman–Crippen MR) is 90.3 cm³/mol. The number of hydrogen-bond donors (Lipinski definition) is 0. The van der Waals surface area contributed by atoms with Crippen LogP contribution in [-0.2, 0) is 12.8 Å². The van der Waals surface area contributed by atoms with Gasteiger partial charge in [0.15, 0.2) is 11.0 Å². The summed E-state index contributed by atoms with van der Waals surface area (Å²) in [4.78, 5) is 1.11. The van der Waals surface area contributed by atoms with Gasteiger partial charge in [-0.25, -0.2) is 0 Å². The molecule has 0 aliphatic rings. The number of rotatable bonds is 4. The summed E-state index contributed by atoms with van der Waals surface area (Å²) in [5.74, 6) is 1.61. The number of nitrogens with zero attached hydrogens (tertiary/aromatic N) is 3. The van der Waals surface area contributed by atoms with Crippen LogP contribution in [0.3, 0.4) is 0 Å². The maximum atomic E-state index is 6.18. The highest BCUT2D eigenvalue weighted by Crippen LogP contribution is 2.30. The van der Waals surface area contributed by atoms with Crippen LogP contribution in [0, 0.1) is 0 Å². The fourth-order valence-electron chi connectivity index (χ4n) is 1.84. The van der Waals surface area contributed by atoms with Crippen molar-refractivity contribution in [1.82, 2.24) is 14.8 Å². The van der Waals surface area contributed by atoms with E-state index in [0.29, 0.717) is 10.0 Å². The van der Waals surface area contributed by atoms with Gasteiger partial charge >= 0.3 is 0 Å². The first-order chi connectivity index (χ1) is 10.1. The van der Waals surface area contributed by atoms with Crippen molar-refractivity contribution in [2.24, 2.45) is 7.05 Å². The molecule has 0 fully saturated rings. The molecule has 2 heterocycles. The molecule has 0 bridgehead atoms. The molecule has 0 saturated heterocycles. The van der Waals surface area contributed by atoms with Gasteiger partial charge in [0.25, 0.3) is 0 Å². The van der Waals surface area contributed by atoms with Gasteiger partial charge in [0.2, 0.25) is 0 Å². The maximum absolute atomic E-state index is 6.18. The van der Waals surface area contributed by atoms with Gasteiger partial charge in [0.1, 0.15) is 0 Å². The maximum Gasteiger partial charge on any atom is 0.191 e. The first-order valence-electron chi connectivity index (χ1n) is 6.15. The molecule has 0 aliphatic carbocycles. The first-order valence-corrected chi connectivity index (χ1v) is 8.77. The van der Waals surface area contributed by atoms with Crippen LogP contribution in [0.4, 0.5) is 0 Å². The minimum atomic E-state index is 0.646. The molecule has 3 nitrogen and oxygen atoms in total. The number of benzene rings is 1. The number of thioether (sulfide) groups is 1. The normalized spacial score (nSPS) is 11.0. The molecule has 3 rings (SSSR count).